The molecule has 1 unspecified atom stereocenters. The van der Waals surface area contributed by atoms with Crippen LogP contribution >= 0.6 is 11.6 Å². The number of fused-ring (bicyclic) bond motifs is 2. The molecule has 2 amide bonds. The number of rotatable bonds is 13. The van der Waals surface area contributed by atoms with Crippen molar-refractivity contribution in [3.63, 3.8) is 0 Å². The number of nitrogens with one attached hydrogen (secondary N) is 1. The molecule has 5 atom stereocenters. The van der Waals surface area contributed by atoms with Crippen LogP contribution in [0.25, 0.3) is 0 Å². The Bertz CT molecular complexity index is 2450. The molecular weight excluding hydrogens is 778 g/mol. The molecule has 8 rings (SSSR count). The summed E-state index contributed by atoms with van der Waals surface area (Å²) in [6.07, 6.45) is 2.15. The first-order chi connectivity index (χ1) is 28.5. The van der Waals surface area contributed by atoms with Gasteiger partial charge in [-0.1, -0.05) is 115 Å². The molecule has 0 saturated carbocycles. The number of aliphatic hydroxyl groups is 1. The summed E-state index contributed by atoms with van der Waals surface area (Å²) in [4.78, 5) is 30.2. The van der Waals surface area contributed by atoms with Crippen molar-refractivity contribution in [2.24, 2.45) is 5.92 Å². The van der Waals surface area contributed by atoms with Gasteiger partial charge in [-0.15, -0.1) is 5.10 Å². The topological polar surface area (TPSA) is 119 Å². The number of benzene rings is 5. The lowest BCUT2D eigenvalue weighted by Crippen LogP contribution is -2.51. The lowest BCUT2D eigenvalue weighted by Gasteiger charge is -2.37. The molecule has 1 fully saturated rings. The van der Waals surface area contributed by atoms with Gasteiger partial charge in [0.05, 0.1) is 51.7 Å². The normalized spacial score (nSPS) is 20.5. The first-order valence-electron chi connectivity index (χ1n) is 20.0. The molecule has 2 N–H and O–H groups in total. The van der Waals surface area contributed by atoms with E-state index in [9.17, 15) is 9.90 Å². The van der Waals surface area contributed by atoms with Crippen molar-refractivity contribution in [2.75, 3.05) is 23.9 Å². The molecule has 10 nitrogen and oxygen atoms in total. The van der Waals surface area contributed by atoms with Crippen LogP contribution in [0.5, 0.6) is 5.75 Å². The predicted octanol–water partition coefficient (Wildman–Crippen LogP) is 8.17. The molecule has 0 bridgehead atoms. The average molecular weight is 826 g/mol. The maximum absolute atomic E-state index is 15.4. The molecule has 3 heterocycles. The molecule has 1 spiro atoms. The van der Waals surface area contributed by atoms with Gasteiger partial charge in [0.2, 0.25) is 0 Å². The number of amides is 2. The van der Waals surface area contributed by atoms with Crippen molar-refractivity contribution in [3.05, 3.63) is 167 Å². The molecule has 0 radical (unpaired) electrons. The molecule has 0 aliphatic carbocycles. The van der Waals surface area contributed by atoms with Crippen molar-refractivity contribution in [1.29, 1.82) is 0 Å². The Morgan fingerprint density at radius 2 is 1.69 bits per heavy atom. The molecule has 6 aromatic rings. The molecule has 2 aliphatic rings. The Morgan fingerprint density at radius 3 is 2.41 bits per heavy atom. The standard InChI is InChI=1S/C47H48ClN5O5Si/c1-31-44(59(3,4)38-21-19-37(57-2)20-22-38)43(24-25-52-29-41(50-51-52)39(30-54)33-13-7-5-8-14-33)58-47(31)40-27-35(48)18-23-42(40)53(46(47)56)28-32-12-11-17-36(26-32)49-45(55)34-15-9-6-10-16-34/h5-23,26-27,29,31,39,43-44,54H,24-25,28,30H2,1-4H3,(H,49,55)/t31-,39?,43+,44-,47+/m0/s1. The smallest absolute Gasteiger partial charge is 0.264 e. The number of aromatic nitrogens is 3. The SMILES string of the molecule is COc1ccc([Si](C)(C)[C@@H]2[C@@H](CCn3cc(C(CO)c4ccccc4)nn3)O[C@]3(C(=O)N(Cc4cccc(NC(=O)c5ccccc5)c4)c4ccc(Cl)cc43)[C@H]2C)cc1. The summed E-state index contributed by atoms with van der Waals surface area (Å²) in [5, 5.41) is 24.1. The molecule has 302 valence electrons. The summed E-state index contributed by atoms with van der Waals surface area (Å²) in [5.74, 6) is -0.0844. The highest BCUT2D eigenvalue weighted by atomic mass is 35.5. The molecule has 2 aliphatic heterocycles. The Balaban J connectivity index is 1.12. The number of carbonyl (C=O) groups is 2. The van der Waals surface area contributed by atoms with Crippen LogP contribution in [0.4, 0.5) is 11.4 Å². The van der Waals surface area contributed by atoms with E-state index < -0.39 is 13.7 Å². The lowest BCUT2D eigenvalue weighted by molar-refractivity contribution is -0.146. The van der Waals surface area contributed by atoms with E-state index in [-0.39, 0.29) is 48.4 Å². The van der Waals surface area contributed by atoms with Gasteiger partial charge in [-0.05, 0) is 77.7 Å². The Morgan fingerprint density at radius 1 is 0.966 bits per heavy atom. The zero-order valence-electron chi connectivity index (χ0n) is 33.6. The van der Waals surface area contributed by atoms with Crippen LogP contribution in [0.3, 0.4) is 0 Å². The average Bonchev–Trinajstić information content (AvgIpc) is 3.91. The Labute approximate surface area is 350 Å². The number of halogens is 1. The second kappa shape index (κ2) is 16.6. The van der Waals surface area contributed by atoms with Crippen molar-refractivity contribution in [2.45, 2.75) is 62.7 Å². The number of aryl methyl sites for hydroxylation is 1. The van der Waals surface area contributed by atoms with Gasteiger partial charge in [0.1, 0.15) is 5.75 Å². The summed E-state index contributed by atoms with van der Waals surface area (Å²) >= 11 is 6.76. The first kappa shape index (κ1) is 40.2. The van der Waals surface area contributed by atoms with Gasteiger partial charge in [0.25, 0.3) is 11.8 Å². The number of anilines is 2. The van der Waals surface area contributed by atoms with Crippen LogP contribution in [-0.2, 0) is 28.2 Å². The Hall–Kier alpha value is -5.59. The summed E-state index contributed by atoms with van der Waals surface area (Å²) < 4.78 is 14.7. The minimum absolute atomic E-state index is 0.000606. The van der Waals surface area contributed by atoms with Crippen molar-refractivity contribution < 1.29 is 24.2 Å². The fourth-order valence-corrected chi connectivity index (χ4v) is 13.6. The van der Waals surface area contributed by atoms with E-state index in [4.69, 9.17) is 21.1 Å². The molecule has 59 heavy (non-hydrogen) atoms. The summed E-state index contributed by atoms with van der Waals surface area (Å²) in [6, 6.07) is 40.4. The fourth-order valence-electron chi connectivity index (χ4n) is 9.33. The predicted molar refractivity (Wildman–Crippen MR) is 233 cm³/mol. The van der Waals surface area contributed by atoms with Crippen molar-refractivity contribution in [1.82, 2.24) is 15.0 Å². The number of hydrogen-bond donors (Lipinski definition) is 2. The van der Waals surface area contributed by atoms with Gasteiger partial charge in [0.15, 0.2) is 5.60 Å². The number of ether oxygens (including phenoxy) is 2. The highest BCUT2D eigenvalue weighted by Crippen LogP contribution is 2.60. The highest BCUT2D eigenvalue weighted by Gasteiger charge is 2.66. The highest BCUT2D eigenvalue weighted by molar-refractivity contribution is 6.91. The molecular formula is C47H48ClN5O5Si. The van der Waals surface area contributed by atoms with Gasteiger partial charge in [0, 0.05) is 40.5 Å². The minimum atomic E-state index is -2.42. The zero-order chi connectivity index (χ0) is 41.3. The van der Waals surface area contributed by atoms with Crippen LogP contribution in [0.1, 0.15) is 52.0 Å². The molecule has 1 saturated heterocycles. The monoisotopic (exact) mass is 825 g/mol. The van der Waals surface area contributed by atoms with Crippen molar-refractivity contribution in [3.8, 4) is 5.75 Å². The lowest BCUT2D eigenvalue weighted by atomic mass is 9.82. The van der Waals surface area contributed by atoms with Gasteiger partial charge in [-0.25, -0.2) is 0 Å². The zero-order valence-corrected chi connectivity index (χ0v) is 35.3. The van der Waals surface area contributed by atoms with Crippen LogP contribution in [-0.4, -0.2) is 59.8 Å². The van der Waals surface area contributed by atoms with E-state index >= 15 is 4.79 Å². The van der Waals surface area contributed by atoms with Crippen molar-refractivity contribution >= 4 is 48.1 Å². The van der Waals surface area contributed by atoms with Crippen LogP contribution in [0, 0.1) is 5.92 Å². The Kier molecular flexibility index (Phi) is 11.3. The maximum Gasteiger partial charge on any atom is 0.264 e. The van der Waals surface area contributed by atoms with Crippen LogP contribution in [0.15, 0.2) is 134 Å². The number of nitrogens with zero attached hydrogens (tertiary/aromatic N) is 4. The second-order valence-electron chi connectivity index (χ2n) is 16.1. The molecule has 1 aromatic heterocycles. The summed E-state index contributed by atoms with van der Waals surface area (Å²) in [7, 11) is -0.751. The van der Waals surface area contributed by atoms with E-state index in [0.717, 1.165) is 28.1 Å². The number of carbonyl (C=O) groups excluding carboxylic acids is 2. The van der Waals surface area contributed by atoms with E-state index in [1.807, 2.05) is 119 Å². The van der Waals surface area contributed by atoms with E-state index in [2.05, 4.69) is 47.8 Å². The van der Waals surface area contributed by atoms with Crippen LogP contribution < -0.4 is 20.1 Å². The first-order valence-corrected chi connectivity index (χ1v) is 23.4. The third-order valence-electron chi connectivity index (χ3n) is 12.3. The summed E-state index contributed by atoms with van der Waals surface area (Å²) in [6.45, 7) is 7.55. The maximum atomic E-state index is 15.4. The quantitative estimate of drug-likeness (QED) is 0.113. The van der Waals surface area contributed by atoms with Crippen LogP contribution in [0.2, 0.25) is 23.7 Å². The van der Waals surface area contributed by atoms with Gasteiger partial charge in [-0.2, -0.15) is 0 Å². The molecule has 5 aromatic carbocycles. The number of methoxy groups -OCH3 is 1. The minimum Gasteiger partial charge on any atom is -0.497 e. The fraction of sp³-hybridized carbons (Fsp3) is 0.277. The van der Waals surface area contributed by atoms with E-state index in [1.54, 1.807) is 19.2 Å². The third kappa shape index (κ3) is 7.60. The number of hydrogen-bond acceptors (Lipinski definition) is 7. The largest absolute Gasteiger partial charge is 0.497 e. The number of aliphatic hydroxyl groups excluding tert-OH is 1. The van der Waals surface area contributed by atoms with Gasteiger partial charge >= 0.3 is 0 Å². The van der Waals surface area contributed by atoms with Gasteiger partial charge < -0.3 is 24.8 Å². The summed E-state index contributed by atoms with van der Waals surface area (Å²) in [5.41, 5.74) is 3.93. The van der Waals surface area contributed by atoms with E-state index in [0.29, 0.717) is 34.9 Å². The molecule has 12 heteroatoms. The second-order valence-corrected chi connectivity index (χ2v) is 21.2. The van der Waals surface area contributed by atoms with E-state index in [1.165, 1.54) is 5.19 Å². The third-order valence-corrected chi connectivity index (χ3v) is 16.9. The van der Waals surface area contributed by atoms with Gasteiger partial charge in [-0.3, -0.25) is 14.3 Å².